The number of hydrogen-bond donors (Lipinski definition) is 0. The summed E-state index contributed by atoms with van der Waals surface area (Å²) in [5.74, 6) is 1.01. The van der Waals surface area contributed by atoms with Crippen molar-refractivity contribution in [2.45, 2.75) is 18.8 Å². The number of aromatic nitrogens is 1. The minimum atomic E-state index is -0.433. The molecule has 22 heavy (non-hydrogen) atoms. The van der Waals surface area contributed by atoms with E-state index in [1.165, 1.54) is 7.11 Å². The Morgan fingerprint density at radius 3 is 2.73 bits per heavy atom. The molecule has 0 N–H and O–H groups in total. The molecule has 2 aromatic carbocycles. The third-order valence-corrected chi connectivity index (χ3v) is 4.00. The van der Waals surface area contributed by atoms with Crippen LogP contribution < -0.4 is 0 Å². The normalized spacial score (nSPS) is 14.2. The van der Waals surface area contributed by atoms with Gasteiger partial charge in [0.05, 0.1) is 7.11 Å². The number of esters is 1. The molecule has 0 spiro atoms. The van der Waals surface area contributed by atoms with E-state index in [-0.39, 0.29) is 0 Å². The van der Waals surface area contributed by atoms with E-state index in [0.29, 0.717) is 23.3 Å². The fourth-order valence-electron chi connectivity index (χ4n) is 2.72. The number of benzene rings is 2. The van der Waals surface area contributed by atoms with Crippen molar-refractivity contribution in [3.8, 4) is 11.5 Å². The number of ether oxygens (including phenoxy) is 1. The zero-order valence-electron chi connectivity index (χ0n) is 12.2. The second kappa shape index (κ2) is 4.98. The monoisotopic (exact) mass is 293 g/mol. The van der Waals surface area contributed by atoms with Crippen molar-refractivity contribution in [2.24, 2.45) is 0 Å². The van der Waals surface area contributed by atoms with Crippen molar-refractivity contribution in [3.05, 3.63) is 53.9 Å². The third kappa shape index (κ3) is 2.08. The average molecular weight is 293 g/mol. The second-order valence-corrected chi connectivity index (χ2v) is 5.52. The van der Waals surface area contributed by atoms with Crippen LogP contribution in [0.1, 0.15) is 35.0 Å². The lowest BCUT2D eigenvalue weighted by atomic mass is 10.0. The van der Waals surface area contributed by atoms with E-state index in [9.17, 15) is 4.79 Å². The highest BCUT2D eigenvalue weighted by Gasteiger charge is 2.34. The quantitative estimate of drug-likeness (QED) is 0.680. The molecule has 0 saturated heterocycles. The van der Waals surface area contributed by atoms with E-state index in [4.69, 9.17) is 9.15 Å². The van der Waals surface area contributed by atoms with Crippen LogP contribution in [0.3, 0.4) is 0 Å². The molecule has 1 aliphatic carbocycles. The molecule has 4 heteroatoms. The Labute approximate surface area is 127 Å². The Morgan fingerprint density at radius 2 is 1.95 bits per heavy atom. The second-order valence-electron chi connectivity index (χ2n) is 5.52. The Kier molecular flexibility index (Phi) is 2.96. The van der Waals surface area contributed by atoms with E-state index in [1.54, 1.807) is 0 Å². The molecule has 1 aliphatic rings. The fourth-order valence-corrected chi connectivity index (χ4v) is 2.72. The smallest absolute Gasteiger partial charge is 0.360 e. The van der Waals surface area contributed by atoms with Crippen LogP contribution in [-0.2, 0) is 4.74 Å². The minimum absolute atomic E-state index is 0.297. The van der Waals surface area contributed by atoms with Crippen molar-refractivity contribution < 1.29 is 13.9 Å². The summed E-state index contributed by atoms with van der Waals surface area (Å²) in [6.07, 6.45) is 2.07. The SMILES string of the molecule is COC(=O)c1nc(-c2cccc3ccccc23)oc1C1CC1. The first kappa shape index (κ1) is 13.1. The van der Waals surface area contributed by atoms with Gasteiger partial charge in [0.1, 0.15) is 5.76 Å². The zero-order valence-corrected chi connectivity index (χ0v) is 12.2. The van der Waals surface area contributed by atoms with E-state index >= 15 is 0 Å². The molecule has 1 heterocycles. The Balaban J connectivity index is 1.90. The maximum atomic E-state index is 11.9. The fraction of sp³-hybridized carbons (Fsp3) is 0.222. The van der Waals surface area contributed by atoms with Crippen molar-refractivity contribution in [1.82, 2.24) is 4.98 Å². The van der Waals surface area contributed by atoms with Gasteiger partial charge in [-0.15, -0.1) is 0 Å². The number of hydrogen-bond acceptors (Lipinski definition) is 4. The zero-order chi connectivity index (χ0) is 15.1. The summed E-state index contributed by atoms with van der Waals surface area (Å²) in [7, 11) is 1.37. The van der Waals surface area contributed by atoms with Crippen LogP contribution in [0.2, 0.25) is 0 Å². The van der Waals surface area contributed by atoms with Gasteiger partial charge in [-0.3, -0.25) is 0 Å². The van der Waals surface area contributed by atoms with E-state index in [2.05, 4.69) is 4.98 Å². The number of fused-ring (bicyclic) bond motifs is 1. The Hall–Kier alpha value is -2.62. The Morgan fingerprint density at radius 1 is 1.18 bits per heavy atom. The predicted octanol–water partition coefficient (Wildman–Crippen LogP) is 4.16. The topological polar surface area (TPSA) is 52.3 Å². The largest absolute Gasteiger partial charge is 0.464 e. The summed E-state index contributed by atoms with van der Waals surface area (Å²) in [6.45, 7) is 0. The van der Waals surface area contributed by atoms with E-state index < -0.39 is 5.97 Å². The lowest BCUT2D eigenvalue weighted by Gasteiger charge is -2.02. The molecule has 1 saturated carbocycles. The highest BCUT2D eigenvalue weighted by atomic mass is 16.5. The summed E-state index contributed by atoms with van der Waals surface area (Å²) in [6, 6.07) is 14.0. The summed E-state index contributed by atoms with van der Waals surface area (Å²) in [5, 5.41) is 2.18. The molecule has 0 aliphatic heterocycles. The van der Waals surface area contributed by atoms with Crippen molar-refractivity contribution in [3.63, 3.8) is 0 Å². The molecule has 4 rings (SSSR count). The lowest BCUT2D eigenvalue weighted by Crippen LogP contribution is -2.04. The predicted molar refractivity (Wildman–Crippen MR) is 82.8 cm³/mol. The summed E-state index contributed by atoms with van der Waals surface area (Å²) in [5.41, 5.74) is 1.21. The minimum Gasteiger partial charge on any atom is -0.464 e. The van der Waals surface area contributed by atoms with Crippen molar-refractivity contribution in [1.29, 1.82) is 0 Å². The van der Waals surface area contributed by atoms with Gasteiger partial charge in [0, 0.05) is 11.5 Å². The summed E-state index contributed by atoms with van der Waals surface area (Å²) >= 11 is 0. The molecule has 4 nitrogen and oxygen atoms in total. The highest BCUT2D eigenvalue weighted by Crippen LogP contribution is 2.43. The molecule has 0 bridgehead atoms. The molecule has 1 fully saturated rings. The molecule has 0 amide bonds. The number of carbonyl (C=O) groups is 1. The first-order valence-electron chi connectivity index (χ1n) is 7.35. The molecular formula is C18H15NO3. The van der Waals surface area contributed by atoms with Crippen LogP contribution in [0, 0.1) is 0 Å². The molecule has 0 unspecified atom stereocenters. The van der Waals surface area contributed by atoms with E-state index in [1.807, 2.05) is 42.5 Å². The van der Waals surface area contributed by atoms with Gasteiger partial charge in [-0.05, 0) is 29.7 Å². The maximum absolute atomic E-state index is 11.9. The van der Waals surface area contributed by atoms with Gasteiger partial charge < -0.3 is 9.15 Å². The molecular weight excluding hydrogens is 278 g/mol. The number of methoxy groups -OCH3 is 1. The van der Waals surface area contributed by atoms with Gasteiger partial charge in [-0.1, -0.05) is 36.4 Å². The van der Waals surface area contributed by atoms with Crippen LogP contribution in [0.5, 0.6) is 0 Å². The number of rotatable bonds is 3. The number of oxazole rings is 1. The summed E-state index contributed by atoms with van der Waals surface area (Å²) < 4.78 is 10.8. The van der Waals surface area contributed by atoms with Crippen LogP contribution in [-0.4, -0.2) is 18.1 Å². The average Bonchev–Trinajstić information content (AvgIpc) is 3.32. The summed E-state index contributed by atoms with van der Waals surface area (Å²) in [4.78, 5) is 16.4. The first-order valence-corrected chi connectivity index (χ1v) is 7.35. The van der Waals surface area contributed by atoms with Crippen LogP contribution >= 0.6 is 0 Å². The molecule has 0 radical (unpaired) electrons. The lowest BCUT2D eigenvalue weighted by molar-refractivity contribution is 0.0592. The van der Waals surface area contributed by atoms with Gasteiger partial charge >= 0.3 is 5.97 Å². The molecule has 1 aromatic heterocycles. The van der Waals surface area contributed by atoms with Gasteiger partial charge in [-0.25, -0.2) is 9.78 Å². The van der Waals surface area contributed by atoms with Crippen LogP contribution in [0.4, 0.5) is 0 Å². The van der Waals surface area contributed by atoms with Gasteiger partial charge in [0.25, 0.3) is 0 Å². The molecule has 0 atom stereocenters. The number of carbonyl (C=O) groups excluding carboxylic acids is 1. The van der Waals surface area contributed by atoms with Crippen molar-refractivity contribution >= 4 is 16.7 Å². The van der Waals surface area contributed by atoms with Crippen LogP contribution in [0.15, 0.2) is 46.9 Å². The van der Waals surface area contributed by atoms with Gasteiger partial charge in [0.15, 0.2) is 5.69 Å². The molecule has 110 valence electrons. The molecule has 3 aromatic rings. The maximum Gasteiger partial charge on any atom is 0.360 e. The van der Waals surface area contributed by atoms with Crippen molar-refractivity contribution in [2.75, 3.05) is 7.11 Å². The standard InChI is InChI=1S/C18H15NO3/c1-21-18(20)15-16(12-9-10-12)22-17(19-15)14-8-4-6-11-5-2-3-7-13(11)14/h2-8,12H,9-10H2,1H3. The van der Waals surface area contributed by atoms with Gasteiger partial charge in [-0.2, -0.15) is 0 Å². The van der Waals surface area contributed by atoms with Gasteiger partial charge in [0.2, 0.25) is 5.89 Å². The first-order chi connectivity index (χ1) is 10.8. The number of nitrogens with zero attached hydrogens (tertiary/aromatic N) is 1. The highest BCUT2D eigenvalue weighted by molar-refractivity contribution is 5.96. The van der Waals surface area contributed by atoms with E-state index in [0.717, 1.165) is 29.2 Å². The third-order valence-electron chi connectivity index (χ3n) is 4.00. The van der Waals surface area contributed by atoms with Crippen LogP contribution in [0.25, 0.3) is 22.2 Å². The Bertz CT molecular complexity index is 856.